The largest absolute Gasteiger partial charge is 0.315 e. The molecule has 1 unspecified atom stereocenters. The molecule has 2 aliphatic heterocycles. The van der Waals surface area contributed by atoms with Gasteiger partial charge in [0.1, 0.15) is 11.8 Å². The number of hydrogen-bond donors (Lipinski definition) is 1. The third-order valence-corrected chi connectivity index (χ3v) is 7.16. The monoisotopic (exact) mass is 383 g/mol. The maximum atomic E-state index is 12.9. The summed E-state index contributed by atoms with van der Waals surface area (Å²) in [5, 5.41) is 12.5. The third-order valence-electron chi connectivity index (χ3n) is 6.15. The third kappa shape index (κ3) is 3.76. The summed E-state index contributed by atoms with van der Waals surface area (Å²) < 4.78 is 0. The zero-order valence-electron chi connectivity index (χ0n) is 15.4. The Morgan fingerprint density at radius 1 is 1.26 bits per heavy atom. The highest BCUT2D eigenvalue weighted by atomic mass is 32.2. The Kier molecular flexibility index (Phi) is 5.51. The number of carbonyl (C=O) groups excluding carboxylic acids is 2. The molecule has 1 N–H and O–H groups in total. The van der Waals surface area contributed by atoms with Crippen LogP contribution in [0.4, 0.5) is 0 Å². The smallest absolute Gasteiger partial charge is 0.242 e. The van der Waals surface area contributed by atoms with Crippen molar-refractivity contribution in [2.75, 3.05) is 18.2 Å². The van der Waals surface area contributed by atoms with E-state index in [1.807, 2.05) is 0 Å². The van der Waals surface area contributed by atoms with Crippen molar-refractivity contribution in [3.8, 4) is 6.07 Å². The fourth-order valence-electron chi connectivity index (χ4n) is 4.64. The molecule has 3 atom stereocenters. The summed E-state index contributed by atoms with van der Waals surface area (Å²) in [4.78, 5) is 27.4. The molecule has 5 nitrogen and oxygen atoms in total. The van der Waals surface area contributed by atoms with Crippen molar-refractivity contribution in [1.29, 1.82) is 5.26 Å². The van der Waals surface area contributed by atoms with Crippen LogP contribution in [-0.2, 0) is 22.4 Å². The number of thioether (sulfide) groups is 1. The minimum Gasteiger partial charge on any atom is -0.315 e. The molecule has 1 amide bonds. The topological polar surface area (TPSA) is 73.2 Å². The van der Waals surface area contributed by atoms with Crippen LogP contribution >= 0.6 is 11.8 Å². The number of amides is 1. The van der Waals surface area contributed by atoms with Crippen molar-refractivity contribution in [2.24, 2.45) is 11.8 Å². The van der Waals surface area contributed by atoms with Crippen LogP contribution in [0.5, 0.6) is 0 Å². The molecule has 2 heterocycles. The average molecular weight is 384 g/mol. The lowest BCUT2D eigenvalue weighted by molar-refractivity contribution is -0.137. The number of nitriles is 1. The second-order valence-corrected chi connectivity index (χ2v) is 8.83. The molecule has 142 valence electrons. The van der Waals surface area contributed by atoms with Gasteiger partial charge in [-0.2, -0.15) is 5.26 Å². The van der Waals surface area contributed by atoms with Gasteiger partial charge in [0.05, 0.1) is 18.0 Å². The van der Waals surface area contributed by atoms with Gasteiger partial charge >= 0.3 is 0 Å². The van der Waals surface area contributed by atoms with Gasteiger partial charge in [-0.15, -0.1) is 11.8 Å². The van der Waals surface area contributed by atoms with Crippen LogP contribution in [0.1, 0.15) is 30.4 Å². The van der Waals surface area contributed by atoms with E-state index in [0.717, 1.165) is 25.7 Å². The molecule has 0 bridgehead atoms. The lowest BCUT2D eigenvalue weighted by Crippen LogP contribution is -2.49. The predicted molar refractivity (Wildman–Crippen MR) is 105 cm³/mol. The van der Waals surface area contributed by atoms with Gasteiger partial charge in [-0.3, -0.25) is 9.59 Å². The molecule has 27 heavy (non-hydrogen) atoms. The molecule has 2 saturated heterocycles. The Morgan fingerprint density at radius 2 is 2.00 bits per heavy atom. The number of ketones is 1. The van der Waals surface area contributed by atoms with Gasteiger partial charge < -0.3 is 10.2 Å². The molecule has 0 aromatic heterocycles. The van der Waals surface area contributed by atoms with Gasteiger partial charge in [0.2, 0.25) is 5.91 Å². The number of hydrogen-bond acceptors (Lipinski definition) is 5. The summed E-state index contributed by atoms with van der Waals surface area (Å²) in [6.45, 7) is 0.694. The van der Waals surface area contributed by atoms with Crippen LogP contribution < -0.4 is 5.32 Å². The van der Waals surface area contributed by atoms with Gasteiger partial charge in [-0.1, -0.05) is 24.3 Å². The Bertz CT molecular complexity index is 750. The van der Waals surface area contributed by atoms with Crippen molar-refractivity contribution in [3.63, 3.8) is 0 Å². The van der Waals surface area contributed by atoms with Crippen LogP contribution in [-0.4, -0.2) is 46.8 Å². The van der Waals surface area contributed by atoms with Crippen molar-refractivity contribution in [1.82, 2.24) is 10.2 Å². The number of nitrogens with zero attached hydrogens (tertiary/aromatic N) is 2. The summed E-state index contributed by atoms with van der Waals surface area (Å²) in [6, 6.07) is 9.93. The van der Waals surface area contributed by atoms with Crippen molar-refractivity contribution in [3.05, 3.63) is 35.4 Å². The van der Waals surface area contributed by atoms with Gasteiger partial charge in [-0.05, 0) is 49.3 Å². The highest BCUT2D eigenvalue weighted by Gasteiger charge is 2.42. The zero-order valence-corrected chi connectivity index (χ0v) is 16.2. The van der Waals surface area contributed by atoms with E-state index in [9.17, 15) is 14.9 Å². The van der Waals surface area contributed by atoms with E-state index in [4.69, 9.17) is 0 Å². The molecular weight excluding hydrogens is 358 g/mol. The molecule has 2 fully saturated rings. The second kappa shape index (κ2) is 8.04. The summed E-state index contributed by atoms with van der Waals surface area (Å²) in [7, 11) is 0. The summed E-state index contributed by atoms with van der Waals surface area (Å²) >= 11 is 1.60. The Balaban J connectivity index is 1.33. The number of nitrogens with one attached hydrogen (secondary N) is 1. The Morgan fingerprint density at radius 3 is 2.70 bits per heavy atom. The van der Waals surface area contributed by atoms with Crippen LogP contribution in [0.15, 0.2) is 24.3 Å². The van der Waals surface area contributed by atoms with Gasteiger partial charge in [0.25, 0.3) is 0 Å². The molecule has 4 rings (SSSR count). The van der Waals surface area contributed by atoms with E-state index in [2.05, 4.69) is 35.7 Å². The molecule has 1 aromatic carbocycles. The zero-order chi connectivity index (χ0) is 18.8. The maximum absolute atomic E-state index is 12.9. The number of rotatable bonds is 5. The maximum Gasteiger partial charge on any atom is 0.242 e. The van der Waals surface area contributed by atoms with Gasteiger partial charge in [-0.25, -0.2) is 0 Å². The number of Topliss-reactive ketones (excluding diaryl/α,β-unsaturated/α-hetero) is 1. The number of fused-ring (bicyclic) bond motifs is 1. The molecule has 6 heteroatoms. The first kappa shape index (κ1) is 18.5. The SMILES string of the molecule is N#C[C@@H]1CSCN1C(=O)[C@@H]1NCCC1C(=O)CCC1Cc2ccccc2C1. The van der Waals surface area contributed by atoms with Gasteiger partial charge in [0.15, 0.2) is 0 Å². The molecule has 0 saturated carbocycles. The Hall–Kier alpha value is -1.84. The molecule has 3 aliphatic rings. The summed E-state index contributed by atoms with van der Waals surface area (Å²) in [6.07, 6.45) is 4.28. The minimum absolute atomic E-state index is 0.0735. The number of benzene rings is 1. The minimum atomic E-state index is -0.451. The fourth-order valence-corrected chi connectivity index (χ4v) is 5.73. The predicted octanol–water partition coefficient (Wildman–Crippen LogP) is 2.15. The van der Waals surface area contributed by atoms with E-state index in [1.165, 1.54) is 11.1 Å². The normalized spacial score (nSPS) is 27.5. The van der Waals surface area contributed by atoms with Crippen LogP contribution in [0.3, 0.4) is 0 Å². The molecule has 1 aliphatic carbocycles. The van der Waals surface area contributed by atoms with Crippen LogP contribution in [0, 0.1) is 23.2 Å². The summed E-state index contributed by atoms with van der Waals surface area (Å²) in [5.41, 5.74) is 2.83. The second-order valence-electron chi connectivity index (χ2n) is 7.83. The standard InChI is InChI=1S/C21H25N3O2S/c22-11-17-12-27-13-24(17)21(26)20-18(7-8-23-20)19(25)6-5-14-9-15-3-1-2-4-16(15)10-14/h1-4,14,17-18,20,23H,5-10,12-13H2/t17-,18?,20-/m1/s1. The van der Waals surface area contributed by atoms with Gasteiger partial charge in [0, 0.05) is 18.1 Å². The molecule has 1 aromatic rings. The molecular formula is C21H25N3O2S. The molecule has 0 radical (unpaired) electrons. The molecule has 0 spiro atoms. The van der Waals surface area contributed by atoms with E-state index in [-0.39, 0.29) is 23.7 Å². The van der Waals surface area contributed by atoms with Crippen LogP contribution in [0.25, 0.3) is 0 Å². The number of carbonyl (C=O) groups is 2. The first-order valence-corrected chi connectivity index (χ1v) is 10.9. The summed E-state index contributed by atoms with van der Waals surface area (Å²) in [5.74, 6) is 1.64. The van der Waals surface area contributed by atoms with Crippen molar-refractivity contribution < 1.29 is 9.59 Å². The highest BCUT2D eigenvalue weighted by Crippen LogP contribution is 2.31. The van der Waals surface area contributed by atoms with Crippen molar-refractivity contribution in [2.45, 2.75) is 44.2 Å². The van der Waals surface area contributed by atoms with Crippen molar-refractivity contribution >= 4 is 23.5 Å². The van der Waals surface area contributed by atoms with E-state index in [0.29, 0.717) is 30.5 Å². The average Bonchev–Trinajstić information content (AvgIpc) is 3.43. The quantitative estimate of drug-likeness (QED) is 0.843. The van der Waals surface area contributed by atoms with E-state index >= 15 is 0 Å². The lowest BCUT2D eigenvalue weighted by atomic mass is 9.89. The highest BCUT2D eigenvalue weighted by molar-refractivity contribution is 7.99. The first-order chi connectivity index (χ1) is 13.2. The first-order valence-electron chi connectivity index (χ1n) is 9.78. The fraction of sp³-hybridized carbons (Fsp3) is 0.571. The van der Waals surface area contributed by atoms with Crippen LogP contribution in [0.2, 0.25) is 0 Å². The Labute approximate surface area is 164 Å². The van der Waals surface area contributed by atoms with E-state index < -0.39 is 6.04 Å². The lowest BCUT2D eigenvalue weighted by Gasteiger charge is -2.25. The van der Waals surface area contributed by atoms with E-state index in [1.54, 1.807) is 16.7 Å².